The van der Waals surface area contributed by atoms with E-state index in [-0.39, 0.29) is 17.5 Å². The Morgan fingerprint density at radius 2 is 1.91 bits per heavy atom. The second-order valence-electron chi connectivity index (χ2n) is 8.17. The van der Waals surface area contributed by atoms with Gasteiger partial charge in [0.05, 0.1) is 11.4 Å². The molecule has 33 heavy (non-hydrogen) atoms. The van der Waals surface area contributed by atoms with Crippen molar-refractivity contribution in [3.05, 3.63) is 94.7 Å². The molecule has 0 radical (unpaired) electrons. The van der Waals surface area contributed by atoms with Gasteiger partial charge in [0.2, 0.25) is 0 Å². The molecule has 4 aromatic rings. The zero-order valence-corrected chi connectivity index (χ0v) is 17.9. The van der Waals surface area contributed by atoms with E-state index < -0.39 is 11.5 Å². The second-order valence-corrected chi connectivity index (χ2v) is 8.17. The van der Waals surface area contributed by atoms with Gasteiger partial charge in [0.15, 0.2) is 0 Å². The Morgan fingerprint density at radius 1 is 1.09 bits per heavy atom. The van der Waals surface area contributed by atoms with Crippen LogP contribution in [0.2, 0.25) is 0 Å². The van der Waals surface area contributed by atoms with E-state index in [1.165, 1.54) is 10.6 Å². The number of carbonyl (C=O) groups is 1. The lowest BCUT2D eigenvalue weighted by atomic mass is 9.92. The highest BCUT2D eigenvalue weighted by Gasteiger charge is 2.26. The Balaban J connectivity index is 1.26. The summed E-state index contributed by atoms with van der Waals surface area (Å²) in [4.78, 5) is 27.2. The van der Waals surface area contributed by atoms with E-state index in [2.05, 4.69) is 15.3 Å². The first kappa shape index (κ1) is 20.9. The number of nitrogens with zero attached hydrogens (tertiary/aromatic N) is 5. The van der Waals surface area contributed by atoms with E-state index in [4.69, 9.17) is 0 Å². The summed E-state index contributed by atoms with van der Waals surface area (Å²) in [6, 6.07) is 15.4. The van der Waals surface area contributed by atoms with E-state index in [0.717, 1.165) is 18.5 Å². The number of rotatable bonds is 5. The van der Waals surface area contributed by atoms with Crippen LogP contribution in [0.3, 0.4) is 0 Å². The Morgan fingerprint density at radius 3 is 2.67 bits per heavy atom. The number of piperidine rings is 1. The van der Waals surface area contributed by atoms with Crippen LogP contribution >= 0.6 is 0 Å². The summed E-state index contributed by atoms with van der Waals surface area (Å²) in [6.07, 6.45) is 5.63. The topological polar surface area (TPSA) is 88.8 Å². The SMILES string of the molecule is O=C(c1cccc(-n2cccn2)c1)N1CCC(Cc2n[nH]c(=O)n2-c2ccccc2F)CC1. The zero-order chi connectivity index (χ0) is 22.8. The maximum atomic E-state index is 14.3. The van der Waals surface area contributed by atoms with Crippen LogP contribution in [-0.2, 0) is 6.42 Å². The van der Waals surface area contributed by atoms with Gasteiger partial charge in [-0.3, -0.25) is 4.79 Å². The maximum absolute atomic E-state index is 14.3. The molecule has 0 saturated carbocycles. The minimum absolute atomic E-state index is 0.00880. The average molecular weight is 446 g/mol. The lowest BCUT2D eigenvalue weighted by molar-refractivity contribution is 0.0689. The maximum Gasteiger partial charge on any atom is 0.348 e. The van der Waals surface area contributed by atoms with Crippen molar-refractivity contribution >= 4 is 5.91 Å². The summed E-state index contributed by atoms with van der Waals surface area (Å²) in [5.41, 5.74) is 1.20. The summed E-state index contributed by atoms with van der Waals surface area (Å²) in [5, 5.41) is 10.8. The number of likely N-dealkylation sites (tertiary alicyclic amines) is 1. The summed E-state index contributed by atoms with van der Waals surface area (Å²) >= 11 is 0. The molecule has 9 heteroatoms. The fourth-order valence-corrected chi connectivity index (χ4v) is 4.33. The highest BCUT2D eigenvalue weighted by atomic mass is 19.1. The molecule has 5 rings (SSSR count). The summed E-state index contributed by atoms with van der Waals surface area (Å²) in [5.74, 6) is 0.262. The highest BCUT2D eigenvalue weighted by Crippen LogP contribution is 2.24. The molecule has 3 heterocycles. The Bertz CT molecular complexity index is 1320. The van der Waals surface area contributed by atoms with Crippen LogP contribution in [0.5, 0.6) is 0 Å². The Labute approximate surface area is 189 Å². The average Bonchev–Trinajstić information content (AvgIpc) is 3.50. The number of halogens is 1. The minimum Gasteiger partial charge on any atom is -0.339 e. The largest absolute Gasteiger partial charge is 0.348 e. The van der Waals surface area contributed by atoms with E-state index in [1.54, 1.807) is 29.1 Å². The number of aromatic amines is 1. The molecule has 0 bridgehead atoms. The number of para-hydroxylation sites is 1. The number of H-pyrrole nitrogens is 1. The van der Waals surface area contributed by atoms with Gasteiger partial charge >= 0.3 is 5.69 Å². The normalized spacial score (nSPS) is 14.5. The molecule has 2 aromatic carbocycles. The van der Waals surface area contributed by atoms with Crippen molar-refractivity contribution in [3.63, 3.8) is 0 Å². The molecular formula is C24H23FN6O2. The molecule has 0 unspecified atom stereocenters. The lowest BCUT2D eigenvalue weighted by Gasteiger charge is -2.32. The van der Waals surface area contributed by atoms with E-state index in [9.17, 15) is 14.0 Å². The summed E-state index contributed by atoms with van der Waals surface area (Å²) < 4.78 is 17.3. The molecular weight excluding hydrogens is 423 g/mol. The second kappa shape index (κ2) is 8.85. The Kier molecular flexibility index (Phi) is 5.60. The third-order valence-electron chi connectivity index (χ3n) is 6.07. The van der Waals surface area contributed by atoms with Gasteiger partial charge in [0, 0.05) is 37.5 Å². The molecule has 1 amide bonds. The molecule has 1 saturated heterocycles. The van der Waals surface area contributed by atoms with Crippen LogP contribution in [0.25, 0.3) is 11.4 Å². The molecule has 1 aliphatic heterocycles. The van der Waals surface area contributed by atoms with Crippen molar-refractivity contribution in [3.8, 4) is 11.4 Å². The highest BCUT2D eigenvalue weighted by molar-refractivity contribution is 5.94. The summed E-state index contributed by atoms with van der Waals surface area (Å²) in [6.45, 7) is 1.23. The van der Waals surface area contributed by atoms with Crippen LogP contribution in [0.1, 0.15) is 29.0 Å². The number of amides is 1. The molecule has 168 valence electrons. The van der Waals surface area contributed by atoms with Gasteiger partial charge in [-0.2, -0.15) is 10.2 Å². The van der Waals surface area contributed by atoms with Gasteiger partial charge in [-0.1, -0.05) is 18.2 Å². The molecule has 1 fully saturated rings. The Hall–Kier alpha value is -4.01. The zero-order valence-electron chi connectivity index (χ0n) is 17.9. The number of nitrogens with one attached hydrogen (secondary N) is 1. The third-order valence-corrected chi connectivity index (χ3v) is 6.07. The molecule has 0 spiro atoms. The van der Waals surface area contributed by atoms with Crippen LogP contribution in [-0.4, -0.2) is 48.4 Å². The van der Waals surface area contributed by atoms with Crippen molar-refractivity contribution in [2.24, 2.45) is 5.92 Å². The first-order valence-electron chi connectivity index (χ1n) is 10.9. The van der Waals surface area contributed by atoms with E-state index in [1.807, 2.05) is 41.4 Å². The standard InChI is InChI=1S/C24H23FN6O2/c25-20-7-1-2-8-21(20)31-22(27-28-24(31)33)15-17-9-13-29(14-10-17)23(32)18-5-3-6-19(16-18)30-12-4-11-26-30/h1-8,11-12,16-17H,9-10,13-15H2,(H,28,33). The van der Waals surface area contributed by atoms with Crippen molar-refractivity contribution in [1.82, 2.24) is 29.4 Å². The van der Waals surface area contributed by atoms with Crippen molar-refractivity contribution in [2.75, 3.05) is 13.1 Å². The van der Waals surface area contributed by atoms with Gasteiger partial charge in [-0.15, -0.1) is 0 Å². The molecule has 8 nitrogen and oxygen atoms in total. The molecule has 0 atom stereocenters. The third kappa shape index (κ3) is 4.21. The molecule has 2 aromatic heterocycles. The van der Waals surface area contributed by atoms with Gasteiger partial charge < -0.3 is 4.90 Å². The van der Waals surface area contributed by atoms with Gasteiger partial charge in [-0.05, 0) is 55.2 Å². The van der Waals surface area contributed by atoms with Gasteiger partial charge in [-0.25, -0.2) is 23.5 Å². The van der Waals surface area contributed by atoms with Crippen LogP contribution in [0.4, 0.5) is 4.39 Å². The molecule has 1 N–H and O–H groups in total. The van der Waals surface area contributed by atoms with Crippen LogP contribution in [0.15, 0.2) is 71.8 Å². The lowest BCUT2D eigenvalue weighted by Crippen LogP contribution is -2.39. The molecule has 0 aliphatic carbocycles. The fourth-order valence-electron chi connectivity index (χ4n) is 4.33. The van der Waals surface area contributed by atoms with E-state index >= 15 is 0 Å². The monoisotopic (exact) mass is 446 g/mol. The number of hydrogen-bond donors (Lipinski definition) is 1. The number of hydrogen-bond acceptors (Lipinski definition) is 4. The summed E-state index contributed by atoms with van der Waals surface area (Å²) in [7, 11) is 0. The van der Waals surface area contributed by atoms with Crippen molar-refractivity contribution < 1.29 is 9.18 Å². The number of carbonyl (C=O) groups excluding carboxylic acids is 1. The fraction of sp³-hybridized carbons (Fsp3) is 0.250. The van der Waals surface area contributed by atoms with Gasteiger partial charge in [0.25, 0.3) is 5.91 Å². The quantitative estimate of drug-likeness (QED) is 0.511. The van der Waals surface area contributed by atoms with Crippen LogP contribution in [0, 0.1) is 11.7 Å². The van der Waals surface area contributed by atoms with Gasteiger partial charge in [0.1, 0.15) is 11.6 Å². The number of benzene rings is 2. The first-order valence-corrected chi connectivity index (χ1v) is 10.9. The minimum atomic E-state index is -0.472. The first-order chi connectivity index (χ1) is 16.1. The van der Waals surface area contributed by atoms with E-state index in [0.29, 0.717) is 30.9 Å². The number of aromatic nitrogens is 5. The van der Waals surface area contributed by atoms with Crippen molar-refractivity contribution in [2.45, 2.75) is 19.3 Å². The predicted molar refractivity (Wildman–Crippen MR) is 120 cm³/mol. The predicted octanol–water partition coefficient (Wildman–Crippen LogP) is 2.98. The van der Waals surface area contributed by atoms with Crippen LogP contribution < -0.4 is 5.69 Å². The smallest absolute Gasteiger partial charge is 0.339 e. The van der Waals surface area contributed by atoms with Crippen molar-refractivity contribution in [1.29, 1.82) is 0 Å². The molecule has 1 aliphatic rings.